The summed E-state index contributed by atoms with van der Waals surface area (Å²) < 4.78 is 11.6. The van der Waals surface area contributed by atoms with Crippen molar-refractivity contribution in [2.45, 2.75) is 90.0 Å². The number of alkyl carbamates (subject to hydrolysis) is 1. The molecule has 0 aromatic carbocycles. The molecule has 196 valence electrons. The van der Waals surface area contributed by atoms with E-state index in [0.29, 0.717) is 13.0 Å². The van der Waals surface area contributed by atoms with Gasteiger partial charge in [-0.15, -0.1) is 17.9 Å². The molecule has 0 aliphatic rings. The Bertz CT molecular complexity index is 894. The first kappa shape index (κ1) is 31.1. The number of aromatic nitrogens is 1. The molecule has 0 radical (unpaired) electrons. The van der Waals surface area contributed by atoms with Gasteiger partial charge in [0.25, 0.3) is 0 Å². The predicted molar refractivity (Wildman–Crippen MR) is 153 cm³/mol. The number of carbonyl (C=O) groups is 1. The Kier molecular flexibility index (Phi) is 12.4. The van der Waals surface area contributed by atoms with Gasteiger partial charge < -0.3 is 14.5 Å². The van der Waals surface area contributed by atoms with Crippen LogP contribution >= 0.6 is 11.3 Å². The molecular weight excluding hydrogens is 472 g/mol. The van der Waals surface area contributed by atoms with E-state index in [1.165, 1.54) is 7.11 Å². The zero-order chi connectivity index (χ0) is 26.7. The number of nitrogens with zero attached hydrogens (tertiary/aromatic N) is 1. The maximum absolute atomic E-state index is 11.2. The zero-order valence-electron chi connectivity index (χ0n) is 23.1. The smallest absolute Gasteiger partial charge is 0.406 e. The molecule has 5 nitrogen and oxygen atoms in total. The average molecular weight is 519 g/mol. The summed E-state index contributed by atoms with van der Waals surface area (Å²) in [5.74, 6) is 0. The van der Waals surface area contributed by atoms with Crippen molar-refractivity contribution >= 4 is 25.7 Å². The van der Waals surface area contributed by atoms with Crippen molar-refractivity contribution < 1.29 is 14.0 Å². The summed E-state index contributed by atoms with van der Waals surface area (Å²) in [4.78, 5) is 16.2. The molecule has 0 saturated carbocycles. The van der Waals surface area contributed by atoms with Gasteiger partial charge in [0.15, 0.2) is 8.32 Å². The predicted octanol–water partition coefficient (Wildman–Crippen LogP) is 7.73. The number of hydrogen-bond donors (Lipinski definition) is 1. The van der Waals surface area contributed by atoms with Crippen molar-refractivity contribution in [3.8, 4) is 0 Å². The Balaban J connectivity index is 3.03. The Morgan fingerprint density at radius 1 is 1.23 bits per heavy atom. The fourth-order valence-corrected chi connectivity index (χ4v) is 5.55. The topological polar surface area (TPSA) is 60.5 Å². The molecule has 1 atom stereocenters. The van der Waals surface area contributed by atoms with Crippen LogP contribution in [0.15, 0.2) is 54.5 Å². The monoisotopic (exact) mass is 518 g/mol. The van der Waals surface area contributed by atoms with Gasteiger partial charge in [-0.2, -0.15) is 0 Å². The van der Waals surface area contributed by atoms with Crippen LogP contribution in [0.4, 0.5) is 4.79 Å². The highest BCUT2D eigenvalue weighted by Crippen LogP contribution is 2.42. The van der Waals surface area contributed by atoms with Gasteiger partial charge in [0, 0.05) is 23.8 Å². The molecule has 0 spiro atoms. The molecule has 0 bridgehead atoms. The van der Waals surface area contributed by atoms with Crippen molar-refractivity contribution in [3.63, 3.8) is 0 Å². The number of rotatable bonds is 14. The van der Waals surface area contributed by atoms with E-state index in [1.54, 1.807) is 11.3 Å². The Morgan fingerprint density at radius 3 is 2.51 bits per heavy atom. The fraction of sp³-hybridized carbons (Fsp3) is 0.571. The second-order valence-electron chi connectivity index (χ2n) is 10.9. The van der Waals surface area contributed by atoms with E-state index >= 15 is 0 Å². The number of hydrogen-bond acceptors (Lipinski definition) is 5. The third-order valence-corrected chi connectivity index (χ3v) is 12.3. The van der Waals surface area contributed by atoms with Crippen molar-refractivity contribution in [3.05, 3.63) is 65.2 Å². The lowest BCUT2D eigenvalue weighted by Crippen LogP contribution is -2.49. The number of amides is 1. The third kappa shape index (κ3) is 10.3. The van der Waals surface area contributed by atoms with Crippen LogP contribution in [0.5, 0.6) is 0 Å². The van der Waals surface area contributed by atoms with Crippen LogP contribution in [0, 0.1) is 0 Å². The standard InChI is InChI=1S/C28H46N2O3SSi/c1-11-12-13-14-17-23-21-34-25(30-23)28(6,7)24(33-35(9,10)27(3,4)5)18-15-16-22(2)19-20-29-26(31)32-8/h11,13-16,21,24H,1-2,12,17-20H2,3-10H3,(H,29,31)/b14-13+,16-15-/t24-/m1/s1. The maximum Gasteiger partial charge on any atom is 0.406 e. The number of allylic oxidation sites excluding steroid dienone is 4. The lowest BCUT2D eigenvalue weighted by atomic mass is 9.85. The summed E-state index contributed by atoms with van der Waals surface area (Å²) in [7, 11) is -0.650. The molecule has 1 aromatic heterocycles. The van der Waals surface area contributed by atoms with Crippen LogP contribution in [0.1, 0.15) is 64.6 Å². The molecule has 1 heterocycles. The zero-order valence-corrected chi connectivity index (χ0v) is 24.9. The van der Waals surface area contributed by atoms with Crippen molar-refractivity contribution in [2.75, 3.05) is 13.7 Å². The molecular formula is C28H46N2O3SSi. The van der Waals surface area contributed by atoms with Gasteiger partial charge >= 0.3 is 6.09 Å². The molecule has 0 unspecified atom stereocenters. The molecule has 1 aromatic rings. The number of methoxy groups -OCH3 is 1. The maximum atomic E-state index is 11.2. The summed E-state index contributed by atoms with van der Waals surface area (Å²) in [5, 5.41) is 6.05. The van der Waals surface area contributed by atoms with E-state index in [9.17, 15) is 4.79 Å². The van der Waals surface area contributed by atoms with Gasteiger partial charge in [0.1, 0.15) is 5.01 Å². The third-order valence-electron chi connectivity index (χ3n) is 6.55. The summed E-state index contributed by atoms with van der Waals surface area (Å²) in [6.45, 7) is 24.3. The van der Waals surface area contributed by atoms with E-state index in [1.807, 2.05) is 12.2 Å². The highest BCUT2D eigenvalue weighted by molar-refractivity contribution is 7.09. The normalized spacial score (nSPS) is 13.8. The Labute approximate surface area is 218 Å². The van der Waals surface area contributed by atoms with E-state index in [-0.39, 0.29) is 16.6 Å². The first-order valence-corrected chi connectivity index (χ1v) is 16.1. The van der Waals surface area contributed by atoms with Crippen LogP contribution in [0.25, 0.3) is 0 Å². The minimum atomic E-state index is -2.01. The molecule has 1 rings (SSSR count). The second kappa shape index (κ2) is 13.9. The van der Waals surface area contributed by atoms with Gasteiger partial charge in [-0.05, 0) is 37.4 Å². The van der Waals surface area contributed by atoms with E-state index in [0.717, 1.165) is 35.5 Å². The van der Waals surface area contributed by atoms with Crippen LogP contribution in [-0.4, -0.2) is 39.2 Å². The second-order valence-corrected chi connectivity index (χ2v) is 16.5. The van der Waals surface area contributed by atoms with Gasteiger partial charge in [0.2, 0.25) is 0 Å². The minimum Gasteiger partial charge on any atom is -0.453 e. The molecule has 7 heteroatoms. The Morgan fingerprint density at radius 2 is 1.91 bits per heavy atom. The molecule has 1 N–H and O–H groups in total. The molecule has 0 fully saturated rings. The minimum absolute atomic E-state index is 0.0176. The van der Waals surface area contributed by atoms with Crippen LogP contribution in [0.2, 0.25) is 18.1 Å². The first-order valence-electron chi connectivity index (χ1n) is 12.3. The van der Waals surface area contributed by atoms with Crippen molar-refractivity contribution in [1.29, 1.82) is 0 Å². The summed E-state index contributed by atoms with van der Waals surface area (Å²) >= 11 is 1.71. The van der Waals surface area contributed by atoms with E-state index in [2.05, 4.69) is 94.5 Å². The number of nitrogens with one attached hydrogen (secondary N) is 1. The quantitative estimate of drug-likeness (QED) is 0.155. The van der Waals surface area contributed by atoms with Crippen LogP contribution < -0.4 is 5.32 Å². The largest absolute Gasteiger partial charge is 0.453 e. The number of ether oxygens (including phenoxy) is 1. The average Bonchev–Trinajstić information content (AvgIpc) is 3.25. The van der Waals surface area contributed by atoms with Crippen LogP contribution in [0.3, 0.4) is 0 Å². The highest BCUT2D eigenvalue weighted by Gasteiger charge is 2.43. The van der Waals surface area contributed by atoms with Crippen molar-refractivity contribution in [2.24, 2.45) is 0 Å². The summed E-state index contributed by atoms with van der Waals surface area (Å²) in [5.41, 5.74) is 1.79. The van der Waals surface area contributed by atoms with E-state index < -0.39 is 14.4 Å². The molecule has 0 aliphatic heterocycles. The first-order chi connectivity index (χ1) is 16.2. The number of thiazole rings is 1. The molecule has 0 saturated heterocycles. The summed E-state index contributed by atoms with van der Waals surface area (Å²) in [6, 6.07) is 0. The molecule has 1 amide bonds. The lowest BCUT2D eigenvalue weighted by Gasteiger charge is -2.43. The van der Waals surface area contributed by atoms with Gasteiger partial charge in [-0.3, -0.25) is 0 Å². The lowest BCUT2D eigenvalue weighted by molar-refractivity contribution is 0.111. The van der Waals surface area contributed by atoms with Gasteiger partial charge in [-0.1, -0.05) is 77.2 Å². The number of carbonyl (C=O) groups excluding carboxylic acids is 1. The Hall–Kier alpha value is -1.96. The molecule has 35 heavy (non-hydrogen) atoms. The highest BCUT2D eigenvalue weighted by atomic mass is 32.1. The van der Waals surface area contributed by atoms with Gasteiger partial charge in [0.05, 0.1) is 18.9 Å². The van der Waals surface area contributed by atoms with Gasteiger partial charge in [-0.25, -0.2) is 9.78 Å². The van der Waals surface area contributed by atoms with Crippen LogP contribution in [-0.2, 0) is 21.0 Å². The van der Waals surface area contributed by atoms with E-state index in [4.69, 9.17) is 9.41 Å². The fourth-order valence-electron chi connectivity index (χ4n) is 3.09. The molecule has 0 aliphatic carbocycles. The summed E-state index contributed by atoms with van der Waals surface area (Å²) in [6.07, 6.45) is 13.0. The van der Waals surface area contributed by atoms with Crippen molar-refractivity contribution in [1.82, 2.24) is 10.3 Å². The SMILES string of the molecule is C=CC/C=C/Cc1csc(C(C)(C)[C@@H](C/C=C\C(=C)CCNC(=O)OC)O[Si](C)(C)C(C)(C)C)n1.